The number of aromatic nitrogens is 3. The number of nitrogens with one attached hydrogen (secondary N) is 3. The topological polar surface area (TPSA) is 79.2 Å². The van der Waals surface area contributed by atoms with Crippen LogP contribution in [0.25, 0.3) is 0 Å². The predicted molar refractivity (Wildman–Crippen MR) is 91.5 cm³/mol. The summed E-state index contributed by atoms with van der Waals surface area (Å²) in [6.07, 6.45) is 0.777. The Labute approximate surface area is 148 Å². The van der Waals surface area contributed by atoms with Crippen molar-refractivity contribution in [2.24, 2.45) is 4.99 Å². The van der Waals surface area contributed by atoms with Gasteiger partial charge in [-0.15, -0.1) is 0 Å². The van der Waals surface area contributed by atoms with Gasteiger partial charge in [-0.3, -0.25) is 9.67 Å². The van der Waals surface area contributed by atoms with Gasteiger partial charge in [0.1, 0.15) is 5.82 Å². The summed E-state index contributed by atoms with van der Waals surface area (Å²) in [7, 11) is 1.41. The first-order valence-corrected chi connectivity index (χ1v) is 7.87. The Balaban J connectivity index is 1.77. The van der Waals surface area contributed by atoms with Crippen molar-refractivity contribution >= 4 is 11.6 Å². The number of alkyl halides is 3. The Hall–Kier alpha value is -3.04. The first kappa shape index (κ1) is 17.8. The van der Waals surface area contributed by atoms with Gasteiger partial charge in [-0.1, -0.05) is 6.07 Å². The lowest BCUT2D eigenvalue weighted by Gasteiger charge is -2.22. The zero-order valence-corrected chi connectivity index (χ0v) is 14.2. The molecule has 3 heterocycles. The van der Waals surface area contributed by atoms with Crippen LogP contribution in [0.4, 0.5) is 18.9 Å². The minimum atomic E-state index is -4.44. The molecule has 138 valence electrons. The van der Waals surface area contributed by atoms with E-state index in [1.165, 1.54) is 7.05 Å². The van der Waals surface area contributed by atoms with E-state index < -0.39 is 11.7 Å². The summed E-state index contributed by atoms with van der Waals surface area (Å²) < 4.78 is 40.6. The maximum absolute atomic E-state index is 13.0. The number of halogens is 3. The molecule has 3 N–H and O–H groups in total. The summed E-state index contributed by atoms with van der Waals surface area (Å²) in [4.78, 5) is 8.03. The van der Waals surface area contributed by atoms with Crippen LogP contribution in [0.5, 0.6) is 0 Å². The van der Waals surface area contributed by atoms with E-state index in [1.807, 2.05) is 12.1 Å². The highest BCUT2D eigenvalue weighted by molar-refractivity contribution is 5.95. The van der Waals surface area contributed by atoms with E-state index in [9.17, 15) is 13.2 Å². The van der Waals surface area contributed by atoms with Gasteiger partial charge in [0.25, 0.3) is 0 Å². The van der Waals surface area contributed by atoms with Crippen molar-refractivity contribution in [3.63, 3.8) is 0 Å². The second kappa shape index (κ2) is 7.06. The summed E-state index contributed by atoms with van der Waals surface area (Å²) in [6, 6.07) is 3.78. The number of pyridine rings is 1. The van der Waals surface area contributed by atoms with Crippen LogP contribution in [0.15, 0.2) is 47.1 Å². The molecule has 0 bridgehead atoms. The van der Waals surface area contributed by atoms with Crippen molar-refractivity contribution in [2.75, 3.05) is 18.9 Å². The van der Waals surface area contributed by atoms with Gasteiger partial charge >= 0.3 is 6.18 Å². The quantitative estimate of drug-likeness (QED) is 0.772. The van der Waals surface area contributed by atoms with Crippen molar-refractivity contribution in [1.29, 1.82) is 0 Å². The first-order valence-electron chi connectivity index (χ1n) is 7.87. The third-order valence-corrected chi connectivity index (χ3v) is 3.79. The molecule has 0 saturated heterocycles. The average molecular weight is 365 g/mol. The molecular weight excluding hydrogens is 347 g/mol. The molecule has 0 fully saturated rings. The number of hydrogen-bond donors (Lipinski definition) is 3. The van der Waals surface area contributed by atoms with E-state index in [1.54, 1.807) is 30.2 Å². The third-order valence-electron chi connectivity index (χ3n) is 3.79. The highest BCUT2D eigenvalue weighted by atomic mass is 19.4. The van der Waals surface area contributed by atoms with E-state index >= 15 is 0 Å². The van der Waals surface area contributed by atoms with Crippen LogP contribution < -0.4 is 16.0 Å². The molecule has 1 aliphatic rings. The Kier molecular flexibility index (Phi) is 4.83. The van der Waals surface area contributed by atoms with Crippen LogP contribution in [0, 0.1) is 6.92 Å². The van der Waals surface area contributed by atoms with E-state index in [4.69, 9.17) is 0 Å². The van der Waals surface area contributed by atoms with Crippen molar-refractivity contribution < 1.29 is 13.2 Å². The van der Waals surface area contributed by atoms with E-state index in [2.05, 4.69) is 31.0 Å². The fourth-order valence-electron chi connectivity index (χ4n) is 2.52. The number of guanidine groups is 1. The number of anilines is 1. The Morgan fingerprint density at radius 1 is 1.35 bits per heavy atom. The van der Waals surface area contributed by atoms with E-state index in [0.717, 1.165) is 5.56 Å². The minimum Gasteiger partial charge on any atom is -0.373 e. The van der Waals surface area contributed by atoms with Crippen LogP contribution >= 0.6 is 0 Å². The molecule has 0 atom stereocenters. The Morgan fingerprint density at radius 2 is 2.15 bits per heavy atom. The highest BCUT2D eigenvalue weighted by Gasteiger charge is 2.38. The molecular formula is C16H18F3N7. The predicted octanol–water partition coefficient (Wildman–Crippen LogP) is 2.00. The summed E-state index contributed by atoms with van der Waals surface area (Å²) in [6.45, 7) is 1.98. The summed E-state index contributed by atoms with van der Waals surface area (Å²) >= 11 is 0. The van der Waals surface area contributed by atoms with Gasteiger partial charge in [0.15, 0.2) is 0 Å². The molecule has 26 heavy (non-hydrogen) atoms. The number of aliphatic imine (C=N–C) groups is 1. The standard InChI is InChI=1S/C16H18F3N7/c1-10-13(9-26(25-10)8-11-4-3-5-21-6-11)23-15-22-7-12(16(17,18)19)14(20-2)24-15/h3-6,9,20H,7-8H2,1-2H3,(H2,22,23,24). The summed E-state index contributed by atoms with van der Waals surface area (Å²) in [5.41, 5.74) is 1.61. The zero-order chi connectivity index (χ0) is 18.7. The highest BCUT2D eigenvalue weighted by Crippen LogP contribution is 2.28. The van der Waals surface area contributed by atoms with Crippen LogP contribution in [-0.2, 0) is 6.54 Å². The molecule has 2 aromatic heterocycles. The summed E-state index contributed by atoms with van der Waals surface area (Å²) in [5.74, 6) is 0.0190. The monoisotopic (exact) mass is 365 g/mol. The molecule has 0 spiro atoms. The fourth-order valence-corrected chi connectivity index (χ4v) is 2.52. The molecule has 7 nitrogen and oxygen atoms in total. The van der Waals surface area contributed by atoms with Gasteiger partial charge in [0, 0.05) is 25.6 Å². The fraction of sp³-hybridized carbons (Fsp3) is 0.312. The largest absolute Gasteiger partial charge is 0.417 e. The van der Waals surface area contributed by atoms with Gasteiger partial charge in [0.2, 0.25) is 5.96 Å². The van der Waals surface area contributed by atoms with Crippen molar-refractivity contribution in [3.05, 3.63) is 53.4 Å². The van der Waals surface area contributed by atoms with Gasteiger partial charge in [0.05, 0.1) is 30.0 Å². The van der Waals surface area contributed by atoms with Gasteiger partial charge in [-0.2, -0.15) is 23.3 Å². The Morgan fingerprint density at radius 3 is 2.81 bits per heavy atom. The molecule has 10 heteroatoms. The minimum absolute atomic E-state index is 0.209. The second-order valence-corrected chi connectivity index (χ2v) is 5.70. The van der Waals surface area contributed by atoms with Gasteiger partial charge < -0.3 is 16.0 Å². The van der Waals surface area contributed by atoms with Crippen LogP contribution in [-0.4, -0.2) is 40.5 Å². The number of nitrogens with zero attached hydrogens (tertiary/aromatic N) is 4. The number of aryl methyl sites for hydroxylation is 1. The molecule has 0 amide bonds. The number of rotatable bonds is 4. The van der Waals surface area contributed by atoms with Crippen molar-refractivity contribution in [1.82, 2.24) is 25.4 Å². The first-order chi connectivity index (χ1) is 12.4. The molecule has 0 unspecified atom stereocenters. The van der Waals surface area contributed by atoms with E-state index in [-0.39, 0.29) is 18.3 Å². The molecule has 0 aliphatic carbocycles. The van der Waals surface area contributed by atoms with Gasteiger partial charge in [-0.25, -0.2) is 0 Å². The smallest absolute Gasteiger partial charge is 0.373 e. The maximum Gasteiger partial charge on any atom is 0.417 e. The zero-order valence-electron chi connectivity index (χ0n) is 14.2. The van der Waals surface area contributed by atoms with Gasteiger partial charge in [-0.05, 0) is 18.6 Å². The molecule has 1 aliphatic heterocycles. The SMILES string of the molecule is CNC1=C(C(F)(F)F)CNC(Nc2cn(Cc3cccnc3)nc2C)=N1. The van der Waals surface area contributed by atoms with E-state index in [0.29, 0.717) is 17.9 Å². The second-order valence-electron chi connectivity index (χ2n) is 5.70. The maximum atomic E-state index is 13.0. The van der Waals surface area contributed by atoms with Crippen LogP contribution in [0.1, 0.15) is 11.3 Å². The molecule has 0 radical (unpaired) electrons. The molecule has 2 aromatic rings. The lowest BCUT2D eigenvalue weighted by Crippen LogP contribution is -2.40. The van der Waals surface area contributed by atoms with Crippen molar-refractivity contribution in [3.8, 4) is 0 Å². The Bertz CT molecular complexity index is 837. The van der Waals surface area contributed by atoms with Crippen molar-refractivity contribution in [2.45, 2.75) is 19.6 Å². The summed E-state index contributed by atoms with van der Waals surface area (Å²) in [5, 5.41) is 12.5. The third kappa shape index (κ3) is 3.95. The lowest BCUT2D eigenvalue weighted by atomic mass is 10.2. The van der Waals surface area contributed by atoms with Crippen LogP contribution in [0.3, 0.4) is 0 Å². The average Bonchev–Trinajstić information content (AvgIpc) is 2.93. The normalized spacial score (nSPS) is 14.7. The van der Waals surface area contributed by atoms with Crippen LogP contribution in [0.2, 0.25) is 0 Å². The lowest BCUT2D eigenvalue weighted by molar-refractivity contribution is -0.0939. The number of hydrogen-bond acceptors (Lipinski definition) is 6. The molecule has 3 rings (SSSR count). The molecule has 0 saturated carbocycles. The molecule has 0 aromatic carbocycles.